The topological polar surface area (TPSA) is 130 Å². The smallest absolute Gasteiger partial charge is 0.449 e. The van der Waals surface area contributed by atoms with E-state index in [9.17, 15) is 9.59 Å². The number of aromatic amines is 1. The molecule has 0 bridgehead atoms. The third-order valence-corrected chi connectivity index (χ3v) is 7.85. The highest BCUT2D eigenvalue weighted by molar-refractivity contribution is 7.18. The van der Waals surface area contributed by atoms with E-state index < -0.39 is 6.16 Å². The number of ether oxygens (including phenoxy) is 2. The summed E-state index contributed by atoms with van der Waals surface area (Å²) in [4.78, 5) is 37.5. The highest BCUT2D eigenvalue weighted by Gasteiger charge is 2.34. The van der Waals surface area contributed by atoms with Crippen LogP contribution in [0.3, 0.4) is 0 Å². The van der Waals surface area contributed by atoms with Crippen LogP contribution in [0.25, 0.3) is 10.7 Å². The number of aromatic nitrogens is 3. The van der Waals surface area contributed by atoms with E-state index in [1.165, 1.54) is 11.3 Å². The van der Waals surface area contributed by atoms with Crippen LogP contribution in [0.5, 0.6) is 5.06 Å². The molecular weight excluding hydrogens is 513 g/mol. The predicted octanol–water partition coefficient (Wildman–Crippen LogP) is 4.29. The largest absolute Gasteiger partial charge is 0.512 e. The van der Waals surface area contributed by atoms with E-state index in [2.05, 4.69) is 20.3 Å². The number of carbonyl (C=O) groups excluding carboxylic acids is 1. The number of anilines is 1. The lowest BCUT2D eigenvalue weighted by Crippen LogP contribution is -2.55. The maximum Gasteiger partial charge on any atom is 0.512 e. The fourth-order valence-electron chi connectivity index (χ4n) is 3.52. The number of H-pyrrole nitrogens is 1. The van der Waals surface area contributed by atoms with Gasteiger partial charge in [-0.15, -0.1) is 11.3 Å². The zero-order chi connectivity index (χ0) is 23.7. The van der Waals surface area contributed by atoms with Crippen molar-refractivity contribution in [2.45, 2.75) is 25.5 Å². The second kappa shape index (κ2) is 9.85. The highest BCUT2D eigenvalue weighted by Crippen LogP contribution is 2.41. The number of nitrogens with one attached hydrogen (secondary N) is 2. The van der Waals surface area contributed by atoms with Gasteiger partial charge in [0.25, 0.3) is 5.91 Å². The molecule has 2 atom stereocenters. The first-order valence-electron chi connectivity index (χ1n) is 9.72. The summed E-state index contributed by atoms with van der Waals surface area (Å²) in [6, 6.07) is -0.273. The van der Waals surface area contributed by atoms with Gasteiger partial charge in [-0.05, 0) is 13.3 Å². The monoisotopic (exact) mass is 531 g/mol. The first-order chi connectivity index (χ1) is 15.8. The zero-order valence-corrected chi connectivity index (χ0v) is 20.6. The van der Waals surface area contributed by atoms with Crippen LogP contribution in [0.2, 0.25) is 10.0 Å². The quantitative estimate of drug-likeness (QED) is 0.401. The SMILES string of the molecule is CO[C@H]1CN(c2nc(-c3nccs3)c(OC(=O)O)s2)CC[C@H]1NC(=O)c1[nH]c(C)c(Cl)c1Cl. The molecule has 1 fully saturated rings. The van der Waals surface area contributed by atoms with Crippen molar-refractivity contribution in [3.63, 3.8) is 0 Å². The van der Waals surface area contributed by atoms with Gasteiger partial charge in [0.05, 0.1) is 22.2 Å². The summed E-state index contributed by atoms with van der Waals surface area (Å²) in [6.45, 7) is 2.72. The zero-order valence-electron chi connectivity index (χ0n) is 17.4. The van der Waals surface area contributed by atoms with Crippen molar-refractivity contribution in [2.24, 2.45) is 0 Å². The third-order valence-electron chi connectivity index (χ3n) is 5.13. The summed E-state index contributed by atoms with van der Waals surface area (Å²) < 4.78 is 10.6. The Bertz CT molecular complexity index is 1170. The van der Waals surface area contributed by atoms with Crippen LogP contribution >= 0.6 is 45.9 Å². The Morgan fingerprint density at radius 3 is 2.76 bits per heavy atom. The number of nitrogens with zero attached hydrogens (tertiary/aromatic N) is 3. The van der Waals surface area contributed by atoms with Crippen LogP contribution in [0.15, 0.2) is 11.6 Å². The Morgan fingerprint density at radius 1 is 1.36 bits per heavy atom. The molecule has 4 rings (SSSR count). The van der Waals surface area contributed by atoms with Gasteiger partial charge in [-0.25, -0.2) is 14.8 Å². The number of halogens is 2. The van der Waals surface area contributed by atoms with E-state index >= 15 is 0 Å². The Balaban J connectivity index is 1.50. The molecule has 1 amide bonds. The number of hydrogen-bond donors (Lipinski definition) is 3. The lowest BCUT2D eigenvalue weighted by Gasteiger charge is -2.37. The highest BCUT2D eigenvalue weighted by atomic mass is 35.5. The molecule has 4 heterocycles. The minimum atomic E-state index is -1.42. The maximum atomic E-state index is 12.8. The lowest BCUT2D eigenvalue weighted by atomic mass is 10.0. The van der Waals surface area contributed by atoms with Crippen molar-refractivity contribution in [1.82, 2.24) is 20.3 Å². The summed E-state index contributed by atoms with van der Waals surface area (Å²) in [5.41, 5.74) is 1.20. The van der Waals surface area contributed by atoms with Crippen LogP contribution in [0, 0.1) is 6.92 Å². The van der Waals surface area contributed by atoms with E-state index in [0.717, 1.165) is 11.3 Å². The summed E-state index contributed by atoms with van der Waals surface area (Å²) in [6.07, 6.45) is 0.418. The molecule has 176 valence electrons. The van der Waals surface area contributed by atoms with E-state index in [0.29, 0.717) is 46.1 Å². The second-order valence-corrected chi connectivity index (χ2v) is 9.77. The normalized spacial score (nSPS) is 18.4. The number of piperidine rings is 1. The number of amides is 1. The summed E-state index contributed by atoms with van der Waals surface area (Å²) in [5.74, 6) is -0.368. The molecule has 3 N–H and O–H groups in total. The number of carboxylic acid groups (broad SMARTS) is 1. The van der Waals surface area contributed by atoms with Crippen molar-refractivity contribution >= 4 is 63.1 Å². The number of carbonyl (C=O) groups is 2. The Labute approximate surface area is 206 Å². The first-order valence-corrected chi connectivity index (χ1v) is 12.2. The molecule has 0 aliphatic carbocycles. The molecule has 3 aromatic rings. The predicted molar refractivity (Wildman–Crippen MR) is 126 cm³/mol. The molecule has 0 radical (unpaired) electrons. The number of thiazole rings is 2. The fourth-order valence-corrected chi connectivity index (χ4v) is 5.57. The van der Waals surface area contributed by atoms with E-state index in [4.69, 9.17) is 37.8 Å². The van der Waals surface area contributed by atoms with Gasteiger partial charge in [-0.3, -0.25) is 4.79 Å². The lowest BCUT2D eigenvalue weighted by molar-refractivity contribution is 0.0540. The van der Waals surface area contributed by atoms with Crippen molar-refractivity contribution in [3.8, 4) is 15.8 Å². The Kier molecular flexibility index (Phi) is 7.10. The molecule has 33 heavy (non-hydrogen) atoms. The van der Waals surface area contributed by atoms with E-state index in [1.807, 2.05) is 4.90 Å². The number of hydrogen-bond acceptors (Lipinski definition) is 9. The molecule has 1 aliphatic rings. The minimum Gasteiger partial charge on any atom is -0.449 e. The number of rotatable bonds is 6. The van der Waals surface area contributed by atoms with Crippen LogP contribution in [-0.4, -0.2) is 64.5 Å². The van der Waals surface area contributed by atoms with Gasteiger partial charge in [-0.1, -0.05) is 34.5 Å². The van der Waals surface area contributed by atoms with Gasteiger partial charge in [0.1, 0.15) is 10.7 Å². The van der Waals surface area contributed by atoms with Gasteiger partial charge in [0, 0.05) is 37.5 Å². The maximum absolute atomic E-state index is 12.8. The molecule has 0 unspecified atom stereocenters. The van der Waals surface area contributed by atoms with Gasteiger partial charge in [0.2, 0.25) is 5.06 Å². The van der Waals surface area contributed by atoms with Crippen LogP contribution in [-0.2, 0) is 4.74 Å². The van der Waals surface area contributed by atoms with Crippen molar-refractivity contribution in [1.29, 1.82) is 0 Å². The molecule has 1 aliphatic heterocycles. The van der Waals surface area contributed by atoms with Gasteiger partial charge >= 0.3 is 6.16 Å². The molecule has 0 saturated carbocycles. The molecule has 10 nitrogen and oxygen atoms in total. The molecular formula is C19H19Cl2N5O5S2. The molecule has 0 spiro atoms. The van der Waals surface area contributed by atoms with Crippen LogP contribution in [0.4, 0.5) is 9.93 Å². The van der Waals surface area contributed by atoms with Crippen molar-refractivity contribution in [2.75, 3.05) is 25.1 Å². The molecule has 1 saturated heterocycles. The minimum absolute atomic E-state index is 0.158. The van der Waals surface area contributed by atoms with Crippen LogP contribution in [0.1, 0.15) is 22.6 Å². The third kappa shape index (κ3) is 4.94. The number of methoxy groups -OCH3 is 1. The van der Waals surface area contributed by atoms with Gasteiger partial charge < -0.3 is 29.8 Å². The van der Waals surface area contributed by atoms with E-state index in [-0.39, 0.29) is 33.8 Å². The summed E-state index contributed by atoms with van der Waals surface area (Å²) in [7, 11) is 1.57. The second-order valence-electron chi connectivity index (χ2n) is 7.18. The molecule has 14 heteroatoms. The van der Waals surface area contributed by atoms with Crippen molar-refractivity contribution in [3.05, 3.63) is 33.0 Å². The van der Waals surface area contributed by atoms with Crippen molar-refractivity contribution < 1.29 is 24.2 Å². The average molecular weight is 532 g/mol. The molecule has 0 aromatic carbocycles. The summed E-state index contributed by atoms with van der Waals surface area (Å²) >= 11 is 14.7. The molecule has 3 aromatic heterocycles. The standard InChI is InChI=1S/C19H19Cl2N5O5S2/c1-8-11(20)12(21)13(23-8)15(27)24-9-3-5-26(7-10(9)30-2)18-25-14(16-22-4-6-32-16)17(33-18)31-19(28)29/h4,6,9-10,23H,3,5,7H2,1-2H3,(H,24,27)(H,28,29)/t9-,10+/m1/s1. The Hall–Kier alpha value is -2.38. The van der Waals surface area contributed by atoms with Gasteiger partial charge in [-0.2, -0.15) is 0 Å². The average Bonchev–Trinajstić information content (AvgIpc) is 3.50. The van der Waals surface area contributed by atoms with Crippen LogP contribution < -0.4 is 15.0 Å². The fraction of sp³-hybridized carbons (Fsp3) is 0.368. The van der Waals surface area contributed by atoms with Gasteiger partial charge in [0.15, 0.2) is 10.8 Å². The summed E-state index contributed by atoms with van der Waals surface area (Å²) in [5, 5.41) is 15.6. The number of aryl methyl sites for hydroxylation is 1. The van der Waals surface area contributed by atoms with E-state index in [1.54, 1.807) is 25.6 Å². The Morgan fingerprint density at radius 2 is 2.15 bits per heavy atom. The first kappa shape index (κ1) is 23.8.